The fraction of sp³-hybridized carbons (Fsp3) is 0.296. The number of hydrogen-bond acceptors (Lipinski definition) is 3. The molecule has 1 heterocycles. The van der Waals surface area contributed by atoms with E-state index in [1.165, 1.54) is 4.90 Å². The van der Waals surface area contributed by atoms with E-state index in [1.54, 1.807) is 17.9 Å². The van der Waals surface area contributed by atoms with E-state index in [9.17, 15) is 14.4 Å². The van der Waals surface area contributed by atoms with Gasteiger partial charge in [-0.1, -0.05) is 59.3 Å². The van der Waals surface area contributed by atoms with Gasteiger partial charge in [-0.2, -0.15) is 0 Å². The Morgan fingerprint density at radius 2 is 1.76 bits per heavy atom. The maximum absolute atomic E-state index is 13.6. The molecule has 3 aromatic carbocycles. The Morgan fingerprint density at radius 1 is 1.06 bits per heavy atom. The van der Waals surface area contributed by atoms with Crippen molar-refractivity contribution in [3.8, 4) is 0 Å². The molecule has 4 rings (SSSR count). The van der Waals surface area contributed by atoms with Crippen molar-refractivity contribution >= 4 is 50.1 Å². The van der Waals surface area contributed by atoms with E-state index in [0.717, 1.165) is 32.9 Å². The number of carbonyl (C=O) groups excluding carboxylic acids is 3. The summed E-state index contributed by atoms with van der Waals surface area (Å²) in [5, 5.41) is 4.80. The first-order valence-electron chi connectivity index (χ1n) is 11.5. The minimum Gasteiger partial charge on any atom is -0.352 e. The van der Waals surface area contributed by atoms with Crippen LogP contribution in [0.5, 0.6) is 0 Å². The van der Waals surface area contributed by atoms with Crippen molar-refractivity contribution in [2.45, 2.75) is 45.8 Å². The fourth-order valence-corrected chi connectivity index (χ4v) is 4.69. The molecule has 1 aliphatic rings. The van der Waals surface area contributed by atoms with Crippen LogP contribution in [-0.2, 0) is 16.1 Å². The smallest absolute Gasteiger partial charge is 0.259 e. The van der Waals surface area contributed by atoms with Gasteiger partial charge in [0.15, 0.2) is 0 Å². The number of halogens is 1. The highest BCUT2D eigenvalue weighted by Gasteiger charge is 2.34. The lowest BCUT2D eigenvalue weighted by Crippen LogP contribution is -2.52. The lowest BCUT2D eigenvalue weighted by Gasteiger charge is -2.31. The summed E-state index contributed by atoms with van der Waals surface area (Å²) in [6.45, 7) is 5.78. The molecule has 0 spiro atoms. The zero-order valence-corrected chi connectivity index (χ0v) is 21.1. The number of nitrogens with one attached hydrogen (secondary N) is 1. The molecule has 34 heavy (non-hydrogen) atoms. The third-order valence-electron chi connectivity index (χ3n) is 6.35. The van der Waals surface area contributed by atoms with Gasteiger partial charge in [-0.25, -0.2) is 0 Å². The summed E-state index contributed by atoms with van der Waals surface area (Å²) in [5.74, 6) is -0.694. The quantitative estimate of drug-likeness (QED) is 0.458. The van der Waals surface area contributed by atoms with Gasteiger partial charge < -0.3 is 10.2 Å². The third-order valence-corrected chi connectivity index (χ3v) is 6.85. The van der Waals surface area contributed by atoms with E-state index in [1.807, 2.05) is 68.4 Å². The molecule has 0 fully saturated rings. The molecule has 0 unspecified atom stereocenters. The van der Waals surface area contributed by atoms with Crippen LogP contribution in [0.25, 0.3) is 10.8 Å². The highest BCUT2D eigenvalue weighted by Crippen LogP contribution is 2.37. The van der Waals surface area contributed by atoms with Gasteiger partial charge in [-0.3, -0.25) is 19.3 Å². The first-order valence-corrected chi connectivity index (χ1v) is 12.3. The highest BCUT2D eigenvalue weighted by molar-refractivity contribution is 9.10. The number of nitrogens with zero attached hydrogens (tertiary/aromatic N) is 2. The zero-order valence-electron chi connectivity index (χ0n) is 19.5. The molecule has 1 N–H and O–H groups in total. The molecule has 0 aromatic heterocycles. The second kappa shape index (κ2) is 9.97. The SMILES string of the molecule is CC[C@@H](C)NC(=O)[C@H](C)N(Cc1cccc(Br)c1)C(=O)CN1C(=O)c2cccc3cccc1c23. The van der Waals surface area contributed by atoms with E-state index in [4.69, 9.17) is 0 Å². The average Bonchev–Trinajstić information content (AvgIpc) is 3.10. The zero-order chi connectivity index (χ0) is 24.4. The normalized spacial score (nSPS) is 14.2. The van der Waals surface area contributed by atoms with Crippen LogP contribution in [0.1, 0.15) is 43.1 Å². The van der Waals surface area contributed by atoms with Crippen LogP contribution >= 0.6 is 15.9 Å². The molecule has 6 nitrogen and oxygen atoms in total. The Hall–Kier alpha value is -3.19. The van der Waals surface area contributed by atoms with Gasteiger partial charge in [0.2, 0.25) is 11.8 Å². The fourth-order valence-electron chi connectivity index (χ4n) is 4.24. The highest BCUT2D eigenvalue weighted by atomic mass is 79.9. The summed E-state index contributed by atoms with van der Waals surface area (Å²) in [7, 11) is 0. The van der Waals surface area contributed by atoms with Gasteiger partial charge >= 0.3 is 0 Å². The van der Waals surface area contributed by atoms with Crippen molar-refractivity contribution in [3.63, 3.8) is 0 Å². The number of rotatable bonds is 8. The van der Waals surface area contributed by atoms with Crippen LogP contribution in [0.15, 0.2) is 65.1 Å². The number of benzene rings is 3. The van der Waals surface area contributed by atoms with Crippen LogP contribution in [0.2, 0.25) is 0 Å². The van der Waals surface area contributed by atoms with Gasteiger partial charge in [-0.05, 0) is 55.5 Å². The van der Waals surface area contributed by atoms with E-state index in [-0.39, 0.29) is 36.9 Å². The summed E-state index contributed by atoms with van der Waals surface area (Å²) in [4.78, 5) is 42.9. The molecule has 1 aliphatic heterocycles. The standard InChI is InChI=1S/C27H28BrN3O3/c1-4-17(2)29-26(33)18(3)30(15-19-8-5-11-21(28)14-19)24(32)16-31-23-13-7-10-20-9-6-12-22(25(20)23)27(31)34/h5-14,17-18H,4,15-16H2,1-3H3,(H,29,33)/t17-,18+/m1/s1. The summed E-state index contributed by atoms with van der Waals surface area (Å²) in [6.07, 6.45) is 0.794. The van der Waals surface area contributed by atoms with Crippen molar-refractivity contribution in [1.29, 1.82) is 0 Å². The predicted octanol–water partition coefficient (Wildman–Crippen LogP) is 4.89. The molecule has 7 heteroatoms. The Balaban J connectivity index is 1.62. The van der Waals surface area contributed by atoms with Gasteiger partial charge in [-0.15, -0.1) is 0 Å². The monoisotopic (exact) mass is 521 g/mol. The Morgan fingerprint density at radius 3 is 2.47 bits per heavy atom. The van der Waals surface area contributed by atoms with Crippen molar-refractivity contribution in [3.05, 3.63) is 76.3 Å². The Bertz CT molecular complexity index is 1250. The number of amides is 3. The second-order valence-electron chi connectivity index (χ2n) is 8.72. The topological polar surface area (TPSA) is 69.7 Å². The lowest BCUT2D eigenvalue weighted by molar-refractivity contribution is -0.139. The van der Waals surface area contributed by atoms with Crippen molar-refractivity contribution in [1.82, 2.24) is 10.2 Å². The first-order chi connectivity index (χ1) is 16.3. The van der Waals surface area contributed by atoms with Gasteiger partial charge in [0.05, 0.1) is 5.69 Å². The van der Waals surface area contributed by atoms with E-state index >= 15 is 0 Å². The lowest BCUT2D eigenvalue weighted by atomic mass is 10.1. The van der Waals surface area contributed by atoms with Crippen molar-refractivity contribution < 1.29 is 14.4 Å². The van der Waals surface area contributed by atoms with Crippen LogP contribution in [-0.4, -0.2) is 41.2 Å². The third kappa shape index (κ3) is 4.71. The summed E-state index contributed by atoms with van der Waals surface area (Å²) in [6, 6.07) is 18.3. The molecular weight excluding hydrogens is 494 g/mol. The first kappa shape index (κ1) is 24.0. The largest absolute Gasteiger partial charge is 0.352 e. The molecule has 0 radical (unpaired) electrons. The molecule has 0 saturated carbocycles. The minimum atomic E-state index is -0.698. The van der Waals surface area contributed by atoms with Crippen LogP contribution in [0.4, 0.5) is 5.69 Å². The molecule has 3 aromatic rings. The van der Waals surface area contributed by atoms with Crippen LogP contribution in [0, 0.1) is 0 Å². The van der Waals surface area contributed by atoms with Crippen molar-refractivity contribution in [2.75, 3.05) is 11.4 Å². The summed E-state index contributed by atoms with van der Waals surface area (Å²) >= 11 is 3.47. The van der Waals surface area contributed by atoms with Crippen LogP contribution in [0.3, 0.4) is 0 Å². The molecule has 176 valence electrons. The Labute approximate surface area is 208 Å². The number of carbonyl (C=O) groups is 3. The predicted molar refractivity (Wildman–Crippen MR) is 138 cm³/mol. The number of anilines is 1. The molecule has 2 atom stereocenters. The summed E-state index contributed by atoms with van der Waals surface area (Å²) in [5.41, 5.74) is 2.22. The van der Waals surface area contributed by atoms with Gasteiger partial charge in [0.25, 0.3) is 5.91 Å². The van der Waals surface area contributed by atoms with E-state index < -0.39 is 6.04 Å². The van der Waals surface area contributed by atoms with Crippen LogP contribution < -0.4 is 10.2 Å². The van der Waals surface area contributed by atoms with Gasteiger partial charge in [0, 0.05) is 28.0 Å². The summed E-state index contributed by atoms with van der Waals surface area (Å²) < 4.78 is 0.894. The molecule has 3 amide bonds. The van der Waals surface area contributed by atoms with Crippen molar-refractivity contribution in [2.24, 2.45) is 0 Å². The maximum atomic E-state index is 13.6. The molecular formula is C27H28BrN3O3. The molecule has 0 bridgehead atoms. The molecule has 0 aliphatic carbocycles. The Kier molecular flexibility index (Phi) is 7.03. The number of hydrogen-bond donors (Lipinski definition) is 1. The average molecular weight is 522 g/mol. The van der Waals surface area contributed by atoms with E-state index in [2.05, 4.69) is 21.2 Å². The minimum absolute atomic E-state index is 0.00466. The molecule has 0 saturated heterocycles. The maximum Gasteiger partial charge on any atom is 0.259 e. The van der Waals surface area contributed by atoms with E-state index in [0.29, 0.717) is 5.56 Å². The van der Waals surface area contributed by atoms with Gasteiger partial charge in [0.1, 0.15) is 12.6 Å². The second-order valence-corrected chi connectivity index (χ2v) is 9.63.